The Balaban J connectivity index is 1.20. The molecule has 2 N–H and O–H groups in total. The molecular formula is C25H29N7O2. The van der Waals surface area contributed by atoms with Crippen molar-refractivity contribution in [3.8, 4) is 0 Å². The lowest BCUT2D eigenvalue weighted by atomic mass is 10.1. The fourth-order valence-corrected chi connectivity index (χ4v) is 4.15. The lowest BCUT2D eigenvalue weighted by molar-refractivity contribution is -0.116. The Kier molecular flexibility index (Phi) is 6.24. The zero-order chi connectivity index (χ0) is 23.5. The number of nitrogens with one attached hydrogen (secondary N) is 2. The van der Waals surface area contributed by atoms with Crippen LogP contribution in [-0.2, 0) is 11.3 Å². The Labute approximate surface area is 198 Å². The summed E-state index contributed by atoms with van der Waals surface area (Å²) in [5.41, 5.74) is 3.05. The summed E-state index contributed by atoms with van der Waals surface area (Å²) in [6, 6.07) is 10.9. The highest BCUT2D eigenvalue weighted by molar-refractivity contribution is 5.90. The molecule has 2 aliphatic rings. The molecular weight excluding hydrogens is 430 g/mol. The molecule has 1 aliphatic carbocycles. The quantitative estimate of drug-likeness (QED) is 0.556. The molecule has 1 amide bonds. The molecule has 176 valence electrons. The summed E-state index contributed by atoms with van der Waals surface area (Å²) in [6.07, 6.45) is 7.23. The molecule has 3 aromatic rings. The van der Waals surface area contributed by atoms with Gasteiger partial charge in [0.05, 0.1) is 12.0 Å². The lowest BCUT2D eigenvalue weighted by Crippen LogP contribution is -2.31. The van der Waals surface area contributed by atoms with E-state index in [0.29, 0.717) is 11.6 Å². The van der Waals surface area contributed by atoms with Crippen LogP contribution in [0.2, 0.25) is 0 Å². The summed E-state index contributed by atoms with van der Waals surface area (Å²) in [5, 5.41) is 6.16. The number of rotatable bonds is 7. The molecule has 9 heteroatoms. The van der Waals surface area contributed by atoms with Crippen LogP contribution in [0.5, 0.6) is 0 Å². The van der Waals surface area contributed by atoms with Gasteiger partial charge in [-0.15, -0.1) is 0 Å². The fourth-order valence-electron chi connectivity index (χ4n) is 4.15. The van der Waals surface area contributed by atoms with Crippen molar-refractivity contribution in [3.05, 3.63) is 64.5 Å². The van der Waals surface area contributed by atoms with Crippen molar-refractivity contribution in [1.29, 1.82) is 0 Å². The van der Waals surface area contributed by atoms with Gasteiger partial charge >= 0.3 is 0 Å². The van der Waals surface area contributed by atoms with E-state index in [2.05, 4.69) is 25.5 Å². The van der Waals surface area contributed by atoms with Crippen LogP contribution in [0.25, 0.3) is 0 Å². The molecule has 1 aromatic carbocycles. The molecule has 0 spiro atoms. The topological polar surface area (TPSA) is 105 Å². The Morgan fingerprint density at radius 3 is 2.47 bits per heavy atom. The van der Waals surface area contributed by atoms with Crippen molar-refractivity contribution in [3.63, 3.8) is 0 Å². The van der Waals surface area contributed by atoms with E-state index in [1.807, 2.05) is 37.3 Å². The smallest absolute Gasteiger partial charge is 0.254 e. The summed E-state index contributed by atoms with van der Waals surface area (Å²) < 4.78 is 1.33. The van der Waals surface area contributed by atoms with Crippen molar-refractivity contribution in [2.75, 3.05) is 28.6 Å². The number of amides is 1. The number of nitrogens with zero attached hydrogens (tertiary/aromatic N) is 5. The largest absolute Gasteiger partial charge is 0.341 e. The first-order chi connectivity index (χ1) is 16.5. The third-order valence-corrected chi connectivity index (χ3v) is 6.13. The second-order valence-electron chi connectivity index (χ2n) is 9.05. The number of anilines is 4. The van der Waals surface area contributed by atoms with Gasteiger partial charge in [0.15, 0.2) is 0 Å². The van der Waals surface area contributed by atoms with Crippen molar-refractivity contribution < 1.29 is 4.79 Å². The van der Waals surface area contributed by atoms with Crippen LogP contribution >= 0.6 is 0 Å². The van der Waals surface area contributed by atoms with Gasteiger partial charge < -0.3 is 15.5 Å². The van der Waals surface area contributed by atoms with Crippen LogP contribution < -0.4 is 21.1 Å². The maximum Gasteiger partial charge on any atom is 0.254 e. The molecule has 0 radical (unpaired) electrons. The Bertz CT molecular complexity index is 1230. The fraction of sp³-hybridized carbons (Fsp3) is 0.400. The van der Waals surface area contributed by atoms with Crippen molar-refractivity contribution in [2.24, 2.45) is 0 Å². The first-order valence-electron chi connectivity index (χ1n) is 11.9. The average Bonchev–Trinajstić information content (AvgIpc) is 3.67. The zero-order valence-corrected chi connectivity index (χ0v) is 19.3. The number of benzene rings is 1. The van der Waals surface area contributed by atoms with Gasteiger partial charge in [0.25, 0.3) is 5.56 Å². The molecule has 5 rings (SSSR count). The minimum atomic E-state index is -0.277. The van der Waals surface area contributed by atoms with Crippen LogP contribution in [0, 0.1) is 6.92 Å². The van der Waals surface area contributed by atoms with Crippen LogP contribution in [-0.4, -0.2) is 38.5 Å². The maximum atomic E-state index is 12.4. The molecule has 3 heterocycles. The number of hydrogen-bond acceptors (Lipinski definition) is 7. The molecule has 2 fully saturated rings. The highest BCUT2D eigenvalue weighted by atomic mass is 16.2. The lowest BCUT2D eigenvalue weighted by Gasteiger charge is -2.27. The third-order valence-electron chi connectivity index (χ3n) is 6.13. The van der Waals surface area contributed by atoms with Gasteiger partial charge in [0.2, 0.25) is 11.9 Å². The van der Waals surface area contributed by atoms with E-state index in [9.17, 15) is 9.59 Å². The minimum absolute atomic E-state index is 0.0731. The molecule has 1 saturated carbocycles. The number of carbonyl (C=O) groups excluding carboxylic acids is 1. The number of piperidine rings is 1. The zero-order valence-electron chi connectivity index (χ0n) is 19.3. The van der Waals surface area contributed by atoms with E-state index >= 15 is 0 Å². The Hall–Kier alpha value is -3.75. The van der Waals surface area contributed by atoms with Crippen LogP contribution in [0.15, 0.2) is 47.5 Å². The SMILES string of the molecule is Cc1cc(Nc2ccc(NC(=O)Cn3cnc(C4CC4)cc3=O)cc2)nc(N2CCCCC2)n1. The molecule has 34 heavy (non-hydrogen) atoms. The van der Waals surface area contributed by atoms with Gasteiger partial charge in [0, 0.05) is 48.2 Å². The molecule has 0 atom stereocenters. The standard InChI is InChI=1S/C25H29N7O2/c1-17-13-22(30-25(27-17)31-11-3-2-4-12-31)28-19-7-9-20(10-8-19)29-23(33)15-32-16-26-21(14-24(32)34)18-5-6-18/h7-10,13-14,16,18H,2-6,11-12,15H2,1H3,(H,29,33)(H,27,28,30). The summed E-state index contributed by atoms with van der Waals surface area (Å²) in [5.74, 6) is 1.64. The number of aromatic nitrogens is 4. The molecule has 0 bridgehead atoms. The summed E-state index contributed by atoms with van der Waals surface area (Å²) in [7, 11) is 0. The van der Waals surface area contributed by atoms with Gasteiger partial charge in [-0.3, -0.25) is 14.2 Å². The van der Waals surface area contributed by atoms with E-state index in [-0.39, 0.29) is 18.0 Å². The highest BCUT2D eigenvalue weighted by Crippen LogP contribution is 2.38. The van der Waals surface area contributed by atoms with Crippen LogP contribution in [0.1, 0.15) is 49.4 Å². The predicted octanol–water partition coefficient (Wildman–Crippen LogP) is 3.59. The van der Waals surface area contributed by atoms with Crippen LogP contribution in [0.4, 0.5) is 23.1 Å². The minimum Gasteiger partial charge on any atom is -0.341 e. The summed E-state index contributed by atoms with van der Waals surface area (Å²) in [4.78, 5) is 40.5. The van der Waals surface area contributed by atoms with E-state index in [1.165, 1.54) is 36.2 Å². The van der Waals surface area contributed by atoms with Gasteiger partial charge in [-0.2, -0.15) is 4.98 Å². The van der Waals surface area contributed by atoms with E-state index < -0.39 is 0 Å². The van der Waals surface area contributed by atoms with Gasteiger partial charge in [-0.1, -0.05) is 0 Å². The molecule has 0 unspecified atom stereocenters. The first kappa shape index (κ1) is 22.1. The van der Waals surface area contributed by atoms with Crippen molar-refractivity contribution in [1.82, 2.24) is 19.5 Å². The second-order valence-corrected chi connectivity index (χ2v) is 9.05. The first-order valence-corrected chi connectivity index (χ1v) is 11.9. The van der Waals surface area contributed by atoms with Gasteiger partial charge in [-0.25, -0.2) is 9.97 Å². The highest BCUT2D eigenvalue weighted by Gasteiger charge is 2.25. The predicted molar refractivity (Wildman–Crippen MR) is 132 cm³/mol. The average molecular weight is 460 g/mol. The Morgan fingerprint density at radius 2 is 1.76 bits per heavy atom. The normalized spacial score (nSPS) is 15.7. The van der Waals surface area contributed by atoms with E-state index in [0.717, 1.165) is 54.8 Å². The van der Waals surface area contributed by atoms with Gasteiger partial charge in [0.1, 0.15) is 12.4 Å². The number of aryl methyl sites for hydroxylation is 1. The molecule has 9 nitrogen and oxygen atoms in total. The number of carbonyl (C=O) groups is 1. The van der Waals surface area contributed by atoms with E-state index in [4.69, 9.17) is 4.98 Å². The Morgan fingerprint density at radius 1 is 1.03 bits per heavy atom. The van der Waals surface area contributed by atoms with Crippen LogP contribution in [0.3, 0.4) is 0 Å². The maximum absolute atomic E-state index is 12.4. The van der Waals surface area contributed by atoms with E-state index in [1.54, 1.807) is 0 Å². The summed E-state index contributed by atoms with van der Waals surface area (Å²) >= 11 is 0. The molecule has 1 aliphatic heterocycles. The second kappa shape index (κ2) is 9.62. The van der Waals surface area contributed by atoms with Gasteiger partial charge in [-0.05, 0) is 63.3 Å². The number of hydrogen-bond donors (Lipinski definition) is 2. The van der Waals surface area contributed by atoms with Crippen molar-refractivity contribution in [2.45, 2.75) is 51.5 Å². The monoisotopic (exact) mass is 459 g/mol. The summed E-state index contributed by atoms with van der Waals surface area (Å²) in [6.45, 7) is 3.88. The molecule has 1 saturated heterocycles. The molecule has 2 aromatic heterocycles. The third kappa shape index (κ3) is 5.41. The van der Waals surface area contributed by atoms with Crippen molar-refractivity contribution >= 4 is 29.0 Å².